The lowest BCUT2D eigenvalue weighted by molar-refractivity contribution is -0.120. The Morgan fingerprint density at radius 3 is 2.59 bits per heavy atom. The summed E-state index contributed by atoms with van der Waals surface area (Å²) in [6.45, 7) is 6.55. The second-order valence-corrected chi connectivity index (χ2v) is 7.91. The van der Waals surface area contributed by atoms with Crippen molar-refractivity contribution in [2.45, 2.75) is 6.42 Å². The van der Waals surface area contributed by atoms with Gasteiger partial charge in [0.25, 0.3) is 5.91 Å². The zero-order chi connectivity index (χ0) is 20.8. The largest absolute Gasteiger partial charge is 0.359 e. The van der Waals surface area contributed by atoms with Gasteiger partial charge in [-0.15, -0.1) is 0 Å². The molecule has 1 aromatic carbocycles. The molecule has 0 aromatic heterocycles. The van der Waals surface area contributed by atoms with E-state index in [4.69, 9.17) is 11.6 Å². The zero-order valence-corrected chi connectivity index (χ0v) is 17.5. The Kier molecular flexibility index (Phi) is 7.46. The minimum atomic E-state index is -0.171. The number of nitrogens with one attached hydrogen (secondary N) is 2. The third-order valence-corrected chi connectivity index (χ3v) is 5.85. The molecule has 0 spiro atoms. The maximum absolute atomic E-state index is 13.0. The minimum absolute atomic E-state index is 0.0648. The van der Waals surface area contributed by atoms with Crippen LogP contribution in [-0.2, 0) is 9.59 Å². The van der Waals surface area contributed by atoms with Crippen molar-refractivity contribution in [2.24, 2.45) is 5.92 Å². The number of benzene rings is 1. The molecule has 2 heterocycles. The first-order valence-corrected chi connectivity index (χ1v) is 10.3. The van der Waals surface area contributed by atoms with Gasteiger partial charge in [0.2, 0.25) is 12.3 Å². The molecule has 3 rings (SSSR count). The van der Waals surface area contributed by atoms with Crippen LogP contribution in [0.3, 0.4) is 0 Å². The number of amides is 3. The molecule has 29 heavy (non-hydrogen) atoms. The van der Waals surface area contributed by atoms with Crippen LogP contribution >= 0.6 is 11.6 Å². The summed E-state index contributed by atoms with van der Waals surface area (Å²) < 4.78 is 0. The van der Waals surface area contributed by atoms with Crippen LogP contribution in [0.2, 0.25) is 5.02 Å². The maximum Gasteiger partial charge on any atom is 0.254 e. The normalized spacial score (nSPS) is 17.5. The highest BCUT2D eigenvalue weighted by Crippen LogP contribution is 2.27. The summed E-state index contributed by atoms with van der Waals surface area (Å²) in [6.07, 6.45) is 0.786. The fourth-order valence-electron chi connectivity index (χ4n) is 3.60. The molecule has 0 bridgehead atoms. The van der Waals surface area contributed by atoms with E-state index in [1.54, 1.807) is 25.2 Å². The molecule has 8 nitrogen and oxygen atoms in total. The topological polar surface area (TPSA) is 85.0 Å². The first-order chi connectivity index (χ1) is 14.0. The van der Waals surface area contributed by atoms with Crippen molar-refractivity contribution in [2.75, 3.05) is 64.3 Å². The van der Waals surface area contributed by atoms with E-state index in [1.165, 1.54) is 4.90 Å². The molecule has 2 saturated heterocycles. The van der Waals surface area contributed by atoms with E-state index in [-0.39, 0.29) is 24.8 Å². The van der Waals surface area contributed by atoms with Gasteiger partial charge in [0, 0.05) is 71.4 Å². The molecule has 9 heteroatoms. The van der Waals surface area contributed by atoms with Crippen LogP contribution in [0.15, 0.2) is 18.2 Å². The summed E-state index contributed by atoms with van der Waals surface area (Å²) >= 11 is 6.26. The number of hydrogen-bond donors (Lipinski definition) is 2. The summed E-state index contributed by atoms with van der Waals surface area (Å²) in [7, 11) is 1.54. The van der Waals surface area contributed by atoms with Crippen LogP contribution < -0.4 is 15.5 Å². The van der Waals surface area contributed by atoms with Crippen LogP contribution in [0, 0.1) is 5.92 Å². The van der Waals surface area contributed by atoms with Gasteiger partial charge in [0.1, 0.15) is 0 Å². The first kappa shape index (κ1) is 21.5. The number of carbonyl (C=O) groups is 3. The van der Waals surface area contributed by atoms with E-state index in [0.29, 0.717) is 35.8 Å². The lowest BCUT2D eigenvalue weighted by Gasteiger charge is -2.38. The SMILES string of the molecule is CNC(=O)CCN(C=O)c1cc(C(=O)N2CCN(CC3CNC3)CC2)ccc1Cl. The summed E-state index contributed by atoms with van der Waals surface area (Å²) in [4.78, 5) is 41.6. The molecule has 0 radical (unpaired) electrons. The Bertz CT molecular complexity index is 748. The van der Waals surface area contributed by atoms with Crippen molar-refractivity contribution in [1.82, 2.24) is 20.4 Å². The van der Waals surface area contributed by atoms with Gasteiger partial charge in [-0.25, -0.2) is 0 Å². The summed E-state index contributed by atoms with van der Waals surface area (Å²) in [5.41, 5.74) is 0.931. The lowest BCUT2D eigenvalue weighted by atomic mass is 10.0. The van der Waals surface area contributed by atoms with Gasteiger partial charge in [-0.2, -0.15) is 0 Å². The van der Waals surface area contributed by atoms with Gasteiger partial charge in [-0.1, -0.05) is 11.6 Å². The Morgan fingerprint density at radius 2 is 2.00 bits per heavy atom. The van der Waals surface area contributed by atoms with E-state index in [0.717, 1.165) is 38.6 Å². The fourth-order valence-corrected chi connectivity index (χ4v) is 3.83. The Balaban J connectivity index is 1.62. The summed E-state index contributed by atoms with van der Waals surface area (Å²) in [5, 5.41) is 6.18. The molecule has 2 N–H and O–H groups in total. The molecule has 2 fully saturated rings. The van der Waals surface area contributed by atoms with Crippen molar-refractivity contribution >= 4 is 35.5 Å². The number of piperazine rings is 1. The Labute approximate surface area is 176 Å². The molecule has 1 aromatic rings. The van der Waals surface area contributed by atoms with Crippen molar-refractivity contribution in [3.05, 3.63) is 28.8 Å². The quantitative estimate of drug-likeness (QED) is 0.594. The standard InChI is InChI=1S/C20H28ClN5O3/c1-22-19(28)4-5-26(14-27)18-10-16(2-3-17(18)21)20(29)25-8-6-24(7-9-25)13-15-11-23-12-15/h2-3,10,14-15,23H,4-9,11-13H2,1H3,(H,22,28). The van der Waals surface area contributed by atoms with Gasteiger partial charge in [-0.05, 0) is 24.1 Å². The molecule has 0 unspecified atom stereocenters. The number of halogens is 1. The van der Waals surface area contributed by atoms with E-state index in [1.807, 2.05) is 4.90 Å². The van der Waals surface area contributed by atoms with Crippen molar-refractivity contribution in [3.8, 4) is 0 Å². The molecular weight excluding hydrogens is 394 g/mol. The van der Waals surface area contributed by atoms with Crippen LogP contribution in [0.1, 0.15) is 16.8 Å². The number of hydrogen-bond acceptors (Lipinski definition) is 5. The van der Waals surface area contributed by atoms with Gasteiger partial charge in [0.05, 0.1) is 10.7 Å². The van der Waals surface area contributed by atoms with E-state index < -0.39 is 0 Å². The molecular formula is C20H28ClN5O3. The highest BCUT2D eigenvalue weighted by Gasteiger charge is 2.26. The van der Waals surface area contributed by atoms with Gasteiger partial charge >= 0.3 is 0 Å². The zero-order valence-electron chi connectivity index (χ0n) is 16.7. The highest BCUT2D eigenvalue weighted by atomic mass is 35.5. The van der Waals surface area contributed by atoms with Crippen LogP contribution in [0.5, 0.6) is 0 Å². The van der Waals surface area contributed by atoms with Crippen LogP contribution in [0.25, 0.3) is 0 Å². The highest BCUT2D eigenvalue weighted by molar-refractivity contribution is 6.33. The van der Waals surface area contributed by atoms with Crippen LogP contribution in [-0.4, -0.2) is 87.4 Å². The van der Waals surface area contributed by atoms with E-state index in [9.17, 15) is 14.4 Å². The average molecular weight is 422 g/mol. The minimum Gasteiger partial charge on any atom is -0.359 e. The number of nitrogens with zero attached hydrogens (tertiary/aromatic N) is 3. The monoisotopic (exact) mass is 421 g/mol. The van der Waals surface area contributed by atoms with Crippen molar-refractivity contribution in [1.29, 1.82) is 0 Å². The van der Waals surface area contributed by atoms with Crippen molar-refractivity contribution < 1.29 is 14.4 Å². The lowest BCUT2D eigenvalue weighted by Crippen LogP contribution is -2.54. The predicted molar refractivity (Wildman–Crippen MR) is 112 cm³/mol. The molecule has 3 amide bonds. The smallest absolute Gasteiger partial charge is 0.254 e. The average Bonchev–Trinajstić information content (AvgIpc) is 2.72. The summed E-state index contributed by atoms with van der Waals surface area (Å²) in [6, 6.07) is 4.94. The molecule has 2 aliphatic heterocycles. The first-order valence-electron chi connectivity index (χ1n) is 9.96. The number of anilines is 1. The van der Waals surface area contributed by atoms with Crippen molar-refractivity contribution in [3.63, 3.8) is 0 Å². The second-order valence-electron chi connectivity index (χ2n) is 7.51. The fraction of sp³-hybridized carbons (Fsp3) is 0.550. The van der Waals surface area contributed by atoms with E-state index in [2.05, 4.69) is 15.5 Å². The third kappa shape index (κ3) is 5.46. The van der Waals surface area contributed by atoms with Gasteiger partial charge in [-0.3, -0.25) is 19.3 Å². The second kappa shape index (κ2) is 10.0. The summed E-state index contributed by atoms with van der Waals surface area (Å²) in [5.74, 6) is 0.487. The molecule has 0 aliphatic carbocycles. The predicted octanol–water partition coefficient (Wildman–Crippen LogP) is 0.416. The Hall–Kier alpha value is -2.16. The maximum atomic E-state index is 13.0. The molecule has 0 atom stereocenters. The van der Waals surface area contributed by atoms with Crippen LogP contribution in [0.4, 0.5) is 5.69 Å². The van der Waals surface area contributed by atoms with E-state index >= 15 is 0 Å². The number of rotatable bonds is 8. The number of carbonyl (C=O) groups excluding carboxylic acids is 3. The molecule has 2 aliphatic rings. The molecule has 0 saturated carbocycles. The van der Waals surface area contributed by atoms with Gasteiger partial charge < -0.3 is 20.4 Å². The van der Waals surface area contributed by atoms with Gasteiger partial charge in [0.15, 0.2) is 0 Å². The molecule has 158 valence electrons. The Morgan fingerprint density at radius 1 is 1.28 bits per heavy atom. The third-order valence-electron chi connectivity index (χ3n) is 5.53.